The molecule has 0 spiro atoms. The van der Waals surface area contributed by atoms with Crippen LogP contribution >= 0.6 is 11.8 Å². The first-order valence-electron chi connectivity index (χ1n) is 3.30. The van der Waals surface area contributed by atoms with Gasteiger partial charge in [-0.1, -0.05) is 12.2 Å². The van der Waals surface area contributed by atoms with E-state index in [0.29, 0.717) is 5.50 Å². The summed E-state index contributed by atoms with van der Waals surface area (Å²) < 4.78 is 0. The van der Waals surface area contributed by atoms with Crippen LogP contribution in [0.15, 0.2) is 24.9 Å². The standard InChI is InChI=1S/C7H12N2S/c1-2-6-10-7-8-4-3-5-9-7/h2-4,7-9H,1,5-6H2. The molecule has 0 saturated heterocycles. The van der Waals surface area contributed by atoms with Crippen LogP contribution in [-0.2, 0) is 0 Å². The van der Waals surface area contributed by atoms with E-state index in [9.17, 15) is 0 Å². The van der Waals surface area contributed by atoms with Crippen molar-refractivity contribution in [3.63, 3.8) is 0 Å². The normalized spacial score (nSPS) is 23.8. The lowest BCUT2D eigenvalue weighted by atomic mass is 10.5. The van der Waals surface area contributed by atoms with Crippen LogP contribution in [0.4, 0.5) is 0 Å². The quantitative estimate of drug-likeness (QED) is 0.594. The Bertz CT molecular complexity index is 134. The molecule has 1 heterocycles. The summed E-state index contributed by atoms with van der Waals surface area (Å²) in [5.41, 5.74) is 0.364. The molecule has 3 heteroatoms. The molecule has 1 aliphatic heterocycles. The van der Waals surface area contributed by atoms with Gasteiger partial charge < -0.3 is 5.32 Å². The Balaban J connectivity index is 2.15. The molecular weight excluding hydrogens is 144 g/mol. The van der Waals surface area contributed by atoms with E-state index in [1.165, 1.54) is 0 Å². The SMILES string of the molecule is C=CCSC1NC=CCN1. The fraction of sp³-hybridized carbons (Fsp3) is 0.429. The molecule has 0 radical (unpaired) electrons. The first-order chi connectivity index (χ1) is 4.93. The Hall–Kier alpha value is -0.410. The maximum Gasteiger partial charge on any atom is 0.125 e. The lowest BCUT2D eigenvalue weighted by Crippen LogP contribution is -2.40. The third kappa shape index (κ3) is 2.45. The molecular formula is C7H12N2S. The number of hydrogen-bond acceptors (Lipinski definition) is 3. The van der Waals surface area contributed by atoms with Crippen LogP contribution in [0.5, 0.6) is 0 Å². The van der Waals surface area contributed by atoms with Crippen molar-refractivity contribution >= 4 is 11.8 Å². The second-order valence-electron chi connectivity index (χ2n) is 1.98. The van der Waals surface area contributed by atoms with Gasteiger partial charge in [-0.05, 0) is 6.20 Å². The van der Waals surface area contributed by atoms with Crippen LogP contribution in [0.3, 0.4) is 0 Å². The highest BCUT2D eigenvalue weighted by atomic mass is 32.2. The van der Waals surface area contributed by atoms with Gasteiger partial charge in [0.25, 0.3) is 0 Å². The summed E-state index contributed by atoms with van der Waals surface area (Å²) in [5, 5.41) is 6.45. The van der Waals surface area contributed by atoms with Gasteiger partial charge in [0.05, 0.1) is 0 Å². The zero-order valence-electron chi connectivity index (χ0n) is 5.84. The van der Waals surface area contributed by atoms with Crippen molar-refractivity contribution in [3.05, 3.63) is 24.9 Å². The minimum absolute atomic E-state index is 0.364. The average Bonchev–Trinajstić information content (AvgIpc) is 2.03. The first kappa shape index (κ1) is 7.69. The largest absolute Gasteiger partial charge is 0.368 e. The van der Waals surface area contributed by atoms with Gasteiger partial charge in [0.1, 0.15) is 5.50 Å². The van der Waals surface area contributed by atoms with Gasteiger partial charge >= 0.3 is 0 Å². The highest BCUT2D eigenvalue weighted by Crippen LogP contribution is 2.06. The van der Waals surface area contributed by atoms with Gasteiger partial charge in [-0.3, -0.25) is 5.32 Å². The maximum absolute atomic E-state index is 3.65. The molecule has 0 aromatic carbocycles. The molecule has 0 fully saturated rings. The van der Waals surface area contributed by atoms with Gasteiger partial charge in [-0.25, -0.2) is 0 Å². The second-order valence-corrected chi connectivity index (χ2v) is 3.12. The van der Waals surface area contributed by atoms with E-state index in [-0.39, 0.29) is 0 Å². The summed E-state index contributed by atoms with van der Waals surface area (Å²) in [5.74, 6) is 0.985. The lowest BCUT2D eigenvalue weighted by molar-refractivity contribution is 0.622. The smallest absolute Gasteiger partial charge is 0.125 e. The van der Waals surface area contributed by atoms with Crippen molar-refractivity contribution in [2.45, 2.75) is 5.50 Å². The molecule has 2 N–H and O–H groups in total. The Morgan fingerprint density at radius 1 is 1.80 bits per heavy atom. The molecule has 1 rings (SSSR count). The van der Waals surface area contributed by atoms with E-state index in [1.54, 1.807) is 11.8 Å². The van der Waals surface area contributed by atoms with Crippen molar-refractivity contribution in [2.24, 2.45) is 0 Å². The molecule has 0 saturated carbocycles. The Kier molecular flexibility index (Phi) is 3.40. The fourth-order valence-electron chi connectivity index (χ4n) is 0.720. The van der Waals surface area contributed by atoms with Crippen LogP contribution < -0.4 is 10.6 Å². The Morgan fingerprint density at radius 2 is 2.70 bits per heavy atom. The molecule has 0 aliphatic carbocycles. The van der Waals surface area contributed by atoms with Crippen LogP contribution in [0.2, 0.25) is 0 Å². The number of hydrogen-bond donors (Lipinski definition) is 2. The van der Waals surface area contributed by atoms with E-state index in [1.807, 2.05) is 12.3 Å². The van der Waals surface area contributed by atoms with E-state index in [2.05, 4.69) is 23.3 Å². The predicted octanol–water partition coefficient (Wildman–Crippen LogP) is 0.896. The topological polar surface area (TPSA) is 24.1 Å². The molecule has 0 amide bonds. The van der Waals surface area contributed by atoms with Crippen molar-refractivity contribution in [1.82, 2.24) is 10.6 Å². The van der Waals surface area contributed by atoms with Gasteiger partial charge in [0.2, 0.25) is 0 Å². The summed E-state index contributed by atoms with van der Waals surface area (Å²) in [7, 11) is 0. The maximum atomic E-state index is 3.65. The summed E-state index contributed by atoms with van der Waals surface area (Å²) in [6.45, 7) is 4.61. The third-order valence-electron chi connectivity index (χ3n) is 1.17. The summed E-state index contributed by atoms with van der Waals surface area (Å²) in [4.78, 5) is 0. The molecule has 0 bridgehead atoms. The third-order valence-corrected chi connectivity index (χ3v) is 2.23. The van der Waals surface area contributed by atoms with Crippen LogP contribution in [0, 0.1) is 0 Å². The molecule has 10 heavy (non-hydrogen) atoms. The molecule has 1 atom stereocenters. The van der Waals surface area contributed by atoms with Gasteiger partial charge in [-0.15, -0.1) is 18.3 Å². The fourth-order valence-corrected chi connectivity index (χ4v) is 1.44. The van der Waals surface area contributed by atoms with Crippen LogP contribution in [-0.4, -0.2) is 17.8 Å². The first-order valence-corrected chi connectivity index (χ1v) is 4.35. The van der Waals surface area contributed by atoms with Crippen molar-refractivity contribution in [2.75, 3.05) is 12.3 Å². The van der Waals surface area contributed by atoms with Gasteiger partial charge in [0.15, 0.2) is 0 Å². The number of thioether (sulfide) groups is 1. The lowest BCUT2D eigenvalue weighted by Gasteiger charge is -2.20. The molecule has 0 aromatic rings. The molecule has 1 unspecified atom stereocenters. The minimum atomic E-state index is 0.364. The summed E-state index contributed by atoms with van der Waals surface area (Å²) in [6, 6.07) is 0. The molecule has 2 nitrogen and oxygen atoms in total. The predicted molar refractivity (Wildman–Crippen MR) is 46.7 cm³/mol. The highest BCUT2D eigenvalue weighted by Gasteiger charge is 2.04. The zero-order chi connectivity index (χ0) is 7.23. The van der Waals surface area contributed by atoms with Gasteiger partial charge in [-0.2, -0.15) is 0 Å². The summed E-state index contributed by atoms with van der Waals surface area (Å²) in [6.07, 6.45) is 5.95. The zero-order valence-corrected chi connectivity index (χ0v) is 6.66. The number of rotatable bonds is 3. The van der Waals surface area contributed by atoms with E-state index < -0.39 is 0 Å². The average molecular weight is 156 g/mol. The van der Waals surface area contributed by atoms with E-state index in [4.69, 9.17) is 0 Å². The minimum Gasteiger partial charge on any atom is -0.368 e. The van der Waals surface area contributed by atoms with E-state index in [0.717, 1.165) is 12.3 Å². The van der Waals surface area contributed by atoms with Crippen LogP contribution in [0.1, 0.15) is 0 Å². The van der Waals surface area contributed by atoms with Crippen molar-refractivity contribution < 1.29 is 0 Å². The van der Waals surface area contributed by atoms with Gasteiger partial charge in [0, 0.05) is 12.3 Å². The second kappa shape index (κ2) is 4.41. The Labute approximate surface area is 65.8 Å². The molecule has 1 aliphatic rings. The Morgan fingerprint density at radius 3 is 3.30 bits per heavy atom. The molecule has 56 valence electrons. The summed E-state index contributed by atoms with van der Waals surface area (Å²) >= 11 is 1.81. The monoisotopic (exact) mass is 156 g/mol. The van der Waals surface area contributed by atoms with Crippen LogP contribution in [0.25, 0.3) is 0 Å². The highest BCUT2D eigenvalue weighted by molar-refractivity contribution is 7.99. The molecule has 0 aromatic heterocycles. The number of nitrogens with one attached hydrogen (secondary N) is 2. The van der Waals surface area contributed by atoms with E-state index >= 15 is 0 Å². The van der Waals surface area contributed by atoms with Crippen molar-refractivity contribution in [1.29, 1.82) is 0 Å². The van der Waals surface area contributed by atoms with Crippen molar-refractivity contribution in [3.8, 4) is 0 Å².